The lowest BCUT2D eigenvalue weighted by atomic mass is 9.69. The van der Waals surface area contributed by atoms with Gasteiger partial charge in [0, 0.05) is 22.2 Å². The van der Waals surface area contributed by atoms with Gasteiger partial charge in [-0.05, 0) is 143 Å². The van der Waals surface area contributed by atoms with Crippen molar-refractivity contribution in [2.75, 3.05) is 13.2 Å². The molecule has 2 saturated heterocycles. The van der Waals surface area contributed by atoms with Crippen LogP contribution >= 0.6 is 0 Å². The van der Waals surface area contributed by atoms with Gasteiger partial charge < -0.3 is 20.1 Å². The van der Waals surface area contributed by atoms with Crippen LogP contribution in [0.25, 0.3) is 0 Å². The van der Waals surface area contributed by atoms with Crippen molar-refractivity contribution < 1.29 is 19.1 Å². The first-order chi connectivity index (χ1) is 17.6. The molecule has 0 bridgehead atoms. The van der Waals surface area contributed by atoms with E-state index in [1.165, 1.54) is 51.4 Å². The smallest absolute Gasteiger partial charge is 0.310 e. The third kappa shape index (κ3) is 7.13. The van der Waals surface area contributed by atoms with Gasteiger partial charge >= 0.3 is 11.9 Å². The zero-order valence-electron chi connectivity index (χ0n) is 25.6. The molecule has 2 heterocycles. The highest BCUT2D eigenvalue weighted by molar-refractivity contribution is 5.75. The molecule has 0 amide bonds. The zero-order valence-corrected chi connectivity index (χ0v) is 25.6. The van der Waals surface area contributed by atoms with Gasteiger partial charge in [-0.3, -0.25) is 9.59 Å². The molecule has 0 aromatic rings. The first-order valence-electron chi connectivity index (χ1n) is 15.5. The van der Waals surface area contributed by atoms with E-state index in [1.807, 2.05) is 0 Å². The van der Waals surface area contributed by atoms with E-state index in [-0.39, 0.29) is 45.9 Å². The lowest BCUT2D eigenvalue weighted by molar-refractivity contribution is -0.153. The van der Waals surface area contributed by atoms with Gasteiger partial charge in [0.15, 0.2) is 0 Å². The summed E-state index contributed by atoms with van der Waals surface area (Å²) >= 11 is 0. The highest BCUT2D eigenvalue weighted by Crippen LogP contribution is 2.42. The van der Waals surface area contributed by atoms with Gasteiger partial charge in [0.05, 0.1) is 25.0 Å². The summed E-state index contributed by atoms with van der Waals surface area (Å²) in [4.78, 5) is 25.7. The van der Waals surface area contributed by atoms with Crippen molar-refractivity contribution in [3.8, 4) is 0 Å². The molecule has 0 spiro atoms. The Labute approximate surface area is 232 Å². The topological polar surface area (TPSA) is 76.7 Å². The van der Waals surface area contributed by atoms with E-state index >= 15 is 0 Å². The second kappa shape index (κ2) is 11.0. The Morgan fingerprint density at radius 2 is 0.895 bits per heavy atom. The van der Waals surface area contributed by atoms with Crippen LogP contribution in [0.3, 0.4) is 0 Å². The lowest BCUT2D eigenvalue weighted by Gasteiger charge is -2.38. The molecule has 4 rings (SSSR count). The summed E-state index contributed by atoms with van der Waals surface area (Å²) in [5, 5.41) is 7.18. The van der Waals surface area contributed by atoms with Gasteiger partial charge in [-0.2, -0.15) is 0 Å². The molecule has 2 unspecified atom stereocenters. The lowest BCUT2D eigenvalue weighted by Crippen LogP contribution is -2.46. The van der Waals surface area contributed by atoms with Crippen LogP contribution in [0.2, 0.25) is 0 Å². The summed E-state index contributed by atoms with van der Waals surface area (Å²) in [7, 11) is 0. The predicted octanol–water partition coefficient (Wildman–Crippen LogP) is 6.02. The van der Waals surface area contributed by atoms with Crippen molar-refractivity contribution in [3.05, 3.63) is 0 Å². The average molecular weight is 533 g/mol. The second-order valence-corrected chi connectivity index (χ2v) is 15.8. The molecule has 0 radical (unpaired) electrons. The fourth-order valence-corrected chi connectivity index (χ4v) is 8.56. The second-order valence-electron chi connectivity index (χ2n) is 15.8. The normalized spacial score (nSPS) is 37.5. The summed E-state index contributed by atoms with van der Waals surface area (Å²) in [5.41, 5.74) is -0.464. The van der Waals surface area contributed by atoms with Crippen molar-refractivity contribution >= 4 is 11.9 Å². The fourth-order valence-electron chi connectivity index (χ4n) is 8.56. The Morgan fingerprint density at radius 1 is 0.579 bits per heavy atom. The van der Waals surface area contributed by atoms with Gasteiger partial charge in [-0.15, -0.1) is 0 Å². The molecule has 2 aliphatic carbocycles. The molecule has 218 valence electrons. The Kier molecular flexibility index (Phi) is 8.66. The first kappa shape index (κ1) is 29.8. The molecule has 38 heavy (non-hydrogen) atoms. The predicted molar refractivity (Wildman–Crippen MR) is 152 cm³/mol. The van der Waals surface area contributed by atoms with Crippen LogP contribution in [0.4, 0.5) is 0 Å². The maximum absolute atomic E-state index is 12.9. The van der Waals surface area contributed by atoms with E-state index in [0.717, 1.165) is 24.7 Å². The number of nitrogens with one attached hydrogen (secondary N) is 2. The molecule has 2 aliphatic heterocycles. The number of carbonyl (C=O) groups is 2. The quantitative estimate of drug-likeness (QED) is 0.391. The maximum Gasteiger partial charge on any atom is 0.310 e. The molecule has 6 heteroatoms. The van der Waals surface area contributed by atoms with E-state index in [4.69, 9.17) is 9.47 Å². The highest BCUT2D eigenvalue weighted by Gasteiger charge is 2.49. The van der Waals surface area contributed by atoms with Crippen molar-refractivity contribution in [2.45, 2.75) is 142 Å². The molecule has 4 aliphatic rings. The Balaban J connectivity index is 1.13. The van der Waals surface area contributed by atoms with Crippen LogP contribution in [-0.2, 0) is 19.1 Å². The minimum atomic E-state index is -0.212. The van der Waals surface area contributed by atoms with Gasteiger partial charge in [-0.1, -0.05) is 0 Å². The molecule has 4 fully saturated rings. The van der Waals surface area contributed by atoms with Crippen molar-refractivity contribution in [1.82, 2.24) is 10.6 Å². The largest absolute Gasteiger partial charge is 0.465 e. The molecule has 6 nitrogen and oxygen atoms in total. The molecular formula is C32H56N2O4. The van der Waals surface area contributed by atoms with Gasteiger partial charge in [0.2, 0.25) is 0 Å². The monoisotopic (exact) mass is 532 g/mol. The summed E-state index contributed by atoms with van der Waals surface area (Å²) in [6.07, 6.45) is 11.4. The van der Waals surface area contributed by atoms with E-state index in [0.29, 0.717) is 25.0 Å². The summed E-state index contributed by atoms with van der Waals surface area (Å²) in [6, 6.07) is 0. The van der Waals surface area contributed by atoms with Crippen LogP contribution in [-0.4, -0.2) is 47.3 Å². The van der Waals surface area contributed by atoms with Crippen LogP contribution in [0.5, 0.6) is 0 Å². The number of hydrogen-bond acceptors (Lipinski definition) is 6. The van der Waals surface area contributed by atoms with Gasteiger partial charge in [0.25, 0.3) is 0 Å². The van der Waals surface area contributed by atoms with E-state index in [2.05, 4.69) is 66.0 Å². The van der Waals surface area contributed by atoms with Crippen molar-refractivity contribution in [1.29, 1.82) is 0 Å². The third-order valence-electron chi connectivity index (χ3n) is 10.4. The van der Waals surface area contributed by atoms with E-state index in [9.17, 15) is 9.59 Å². The van der Waals surface area contributed by atoms with Crippen LogP contribution in [0.15, 0.2) is 0 Å². The minimum absolute atomic E-state index is 0.0204. The highest BCUT2D eigenvalue weighted by atomic mass is 16.5. The molecule has 2 atom stereocenters. The van der Waals surface area contributed by atoms with Crippen LogP contribution in [0, 0.1) is 35.5 Å². The Morgan fingerprint density at radius 3 is 1.16 bits per heavy atom. The summed E-state index contributed by atoms with van der Waals surface area (Å²) < 4.78 is 11.7. The number of hydrogen-bond donors (Lipinski definition) is 2. The summed E-state index contributed by atoms with van der Waals surface area (Å²) in [5.74, 6) is 2.43. The van der Waals surface area contributed by atoms with Crippen LogP contribution in [0.1, 0.15) is 120 Å². The van der Waals surface area contributed by atoms with E-state index < -0.39 is 0 Å². The molecular weight excluding hydrogens is 476 g/mol. The zero-order chi connectivity index (χ0) is 27.9. The fraction of sp³-hybridized carbons (Fsp3) is 0.938. The third-order valence-corrected chi connectivity index (χ3v) is 10.4. The molecule has 0 aromatic carbocycles. The minimum Gasteiger partial charge on any atom is -0.465 e. The van der Waals surface area contributed by atoms with Gasteiger partial charge in [-0.25, -0.2) is 0 Å². The van der Waals surface area contributed by atoms with Crippen molar-refractivity contribution in [2.24, 2.45) is 35.5 Å². The molecule has 2 N–H and O–H groups in total. The number of ether oxygens (including phenoxy) is 2. The Bertz CT molecular complexity index is 778. The molecule has 2 saturated carbocycles. The van der Waals surface area contributed by atoms with Crippen LogP contribution < -0.4 is 10.6 Å². The number of carbonyl (C=O) groups excluding carboxylic acids is 2. The average Bonchev–Trinajstić information content (AvgIpc) is 3.20. The maximum atomic E-state index is 12.9. The van der Waals surface area contributed by atoms with Crippen molar-refractivity contribution in [3.63, 3.8) is 0 Å². The van der Waals surface area contributed by atoms with Gasteiger partial charge in [0.1, 0.15) is 0 Å². The standard InChI is InChI=1S/C32H56N2O4/c1-29(2)17-25(31(5,6)33-29)27(35)37-19-21-9-13-23(14-10-21)24-15-11-22(12-16-24)20-38-28(36)26-18-30(3,4)34-32(26,7)8/h21-26,33-34H,9-20H2,1-8H3. The Hall–Kier alpha value is -1.14. The molecule has 0 aromatic heterocycles. The SMILES string of the molecule is CC1(C)CC(C(=O)OCC2CCC(C3CCC(COC(=O)C4CC(C)(C)NC4(C)C)CC3)CC2)C(C)(C)N1. The van der Waals surface area contributed by atoms with E-state index in [1.54, 1.807) is 0 Å². The first-order valence-corrected chi connectivity index (χ1v) is 15.5. The number of rotatable bonds is 7. The number of esters is 2. The summed E-state index contributed by atoms with van der Waals surface area (Å²) in [6.45, 7) is 18.3.